The number of carboxylic acids is 1. The number of terminal acetylenes is 1. The van der Waals surface area contributed by atoms with E-state index in [-0.39, 0.29) is 5.56 Å². The van der Waals surface area contributed by atoms with E-state index in [1.54, 1.807) is 24.8 Å². The van der Waals surface area contributed by atoms with Crippen molar-refractivity contribution in [3.05, 3.63) is 23.3 Å². The number of hydrogen-bond donors (Lipinski definition) is 3. The molecular formula is C13H16N2O2S. The summed E-state index contributed by atoms with van der Waals surface area (Å²) in [5.41, 5.74) is 7.68. The normalized spacial score (nSPS) is 9.78. The number of thioether (sulfide) groups is 1. The summed E-state index contributed by atoms with van der Waals surface area (Å²) in [5.74, 6) is 3.09. The van der Waals surface area contributed by atoms with Gasteiger partial charge in [0.25, 0.3) is 0 Å². The molecule has 0 fully saturated rings. The number of carboxylic acid groups (broad SMARTS) is 1. The number of nitrogen functional groups attached to an aromatic ring is 1. The molecule has 0 unspecified atom stereocenters. The van der Waals surface area contributed by atoms with Crippen LogP contribution in [0.2, 0.25) is 0 Å². The van der Waals surface area contributed by atoms with Gasteiger partial charge in [0.2, 0.25) is 0 Å². The highest BCUT2D eigenvalue weighted by molar-refractivity contribution is 7.99. The van der Waals surface area contributed by atoms with Crippen molar-refractivity contribution in [2.45, 2.75) is 6.92 Å². The number of carbonyl (C=O) groups is 1. The molecule has 0 spiro atoms. The van der Waals surface area contributed by atoms with Crippen molar-refractivity contribution in [1.82, 2.24) is 0 Å². The predicted octanol–water partition coefficient (Wildman–Crippen LogP) is 2.05. The second-order valence-electron chi connectivity index (χ2n) is 3.74. The van der Waals surface area contributed by atoms with E-state index in [9.17, 15) is 4.79 Å². The van der Waals surface area contributed by atoms with Crippen molar-refractivity contribution >= 4 is 29.1 Å². The molecule has 0 heterocycles. The first-order valence-corrected chi connectivity index (χ1v) is 6.60. The van der Waals surface area contributed by atoms with Crippen LogP contribution >= 0.6 is 11.8 Å². The maximum absolute atomic E-state index is 11.0. The van der Waals surface area contributed by atoms with Gasteiger partial charge in [-0.05, 0) is 24.6 Å². The van der Waals surface area contributed by atoms with E-state index < -0.39 is 5.97 Å². The van der Waals surface area contributed by atoms with E-state index in [1.807, 2.05) is 6.07 Å². The smallest absolute Gasteiger partial charge is 0.337 e. The molecule has 18 heavy (non-hydrogen) atoms. The number of hydrogen-bond acceptors (Lipinski definition) is 4. The minimum atomic E-state index is -1.01. The summed E-state index contributed by atoms with van der Waals surface area (Å²) in [6, 6.07) is 3.39. The Morgan fingerprint density at radius 3 is 2.94 bits per heavy atom. The third-order valence-corrected chi connectivity index (χ3v) is 3.24. The molecule has 0 aliphatic carbocycles. The average molecular weight is 264 g/mol. The number of aryl methyl sites for hydroxylation is 1. The first-order chi connectivity index (χ1) is 8.56. The number of benzene rings is 1. The zero-order chi connectivity index (χ0) is 13.5. The quantitative estimate of drug-likeness (QED) is 0.416. The Bertz CT molecular complexity index is 481. The monoisotopic (exact) mass is 264 g/mol. The van der Waals surface area contributed by atoms with Crippen molar-refractivity contribution in [2.24, 2.45) is 0 Å². The number of aromatic carboxylic acids is 1. The molecule has 1 aromatic carbocycles. The van der Waals surface area contributed by atoms with Crippen molar-refractivity contribution in [2.75, 3.05) is 29.1 Å². The third-order valence-electron chi connectivity index (χ3n) is 2.38. The van der Waals surface area contributed by atoms with Crippen molar-refractivity contribution in [1.29, 1.82) is 0 Å². The molecule has 0 saturated heterocycles. The van der Waals surface area contributed by atoms with Crippen molar-refractivity contribution < 1.29 is 9.90 Å². The Morgan fingerprint density at radius 1 is 1.61 bits per heavy atom. The summed E-state index contributed by atoms with van der Waals surface area (Å²) in [4.78, 5) is 11.0. The Labute approximate surface area is 111 Å². The average Bonchev–Trinajstić information content (AvgIpc) is 2.32. The van der Waals surface area contributed by atoms with Gasteiger partial charge in [-0.2, -0.15) is 0 Å². The second kappa shape index (κ2) is 6.82. The van der Waals surface area contributed by atoms with Gasteiger partial charge in [-0.1, -0.05) is 5.92 Å². The van der Waals surface area contributed by atoms with Crippen LogP contribution in [-0.2, 0) is 0 Å². The van der Waals surface area contributed by atoms with Crippen LogP contribution < -0.4 is 11.1 Å². The molecule has 5 heteroatoms. The molecule has 0 radical (unpaired) electrons. The van der Waals surface area contributed by atoms with Gasteiger partial charge in [0.05, 0.1) is 11.3 Å². The summed E-state index contributed by atoms with van der Waals surface area (Å²) in [6.45, 7) is 2.52. The Hall–Kier alpha value is -1.80. The molecule has 0 bridgehead atoms. The summed E-state index contributed by atoms with van der Waals surface area (Å²) < 4.78 is 0. The fourth-order valence-corrected chi connectivity index (χ4v) is 1.98. The van der Waals surface area contributed by atoms with Crippen LogP contribution in [-0.4, -0.2) is 29.1 Å². The summed E-state index contributed by atoms with van der Waals surface area (Å²) in [7, 11) is 0. The van der Waals surface area contributed by atoms with Gasteiger partial charge in [0.15, 0.2) is 0 Å². The summed E-state index contributed by atoms with van der Waals surface area (Å²) in [6.07, 6.45) is 5.14. The molecule has 1 rings (SSSR count). The predicted molar refractivity (Wildman–Crippen MR) is 77.2 cm³/mol. The maximum Gasteiger partial charge on any atom is 0.337 e. The lowest BCUT2D eigenvalue weighted by molar-refractivity contribution is 0.0698. The van der Waals surface area contributed by atoms with E-state index in [1.165, 1.54) is 0 Å². The SMILES string of the molecule is C#CCSCCNc1cc(C)c(N)c(C(=O)O)c1. The third kappa shape index (κ3) is 3.90. The number of nitrogens with one attached hydrogen (secondary N) is 1. The maximum atomic E-state index is 11.0. The second-order valence-corrected chi connectivity index (χ2v) is 4.85. The molecular weight excluding hydrogens is 248 g/mol. The minimum absolute atomic E-state index is 0.133. The van der Waals surface area contributed by atoms with Gasteiger partial charge < -0.3 is 16.2 Å². The van der Waals surface area contributed by atoms with Crippen LogP contribution in [0, 0.1) is 19.3 Å². The molecule has 4 nitrogen and oxygen atoms in total. The highest BCUT2D eigenvalue weighted by Crippen LogP contribution is 2.22. The minimum Gasteiger partial charge on any atom is -0.478 e. The molecule has 0 amide bonds. The summed E-state index contributed by atoms with van der Waals surface area (Å²) >= 11 is 1.65. The topological polar surface area (TPSA) is 75.3 Å². The van der Waals surface area contributed by atoms with E-state index in [4.69, 9.17) is 17.3 Å². The molecule has 1 aromatic rings. The Balaban J connectivity index is 2.67. The molecule has 0 aliphatic rings. The van der Waals surface area contributed by atoms with Gasteiger partial charge in [-0.25, -0.2) is 4.79 Å². The number of nitrogens with two attached hydrogens (primary N) is 1. The van der Waals surface area contributed by atoms with Gasteiger partial charge in [0.1, 0.15) is 0 Å². The highest BCUT2D eigenvalue weighted by Gasteiger charge is 2.11. The molecule has 4 N–H and O–H groups in total. The van der Waals surface area contributed by atoms with E-state index in [0.717, 1.165) is 23.5 Å². The fourth-order valence-electron chi connectivity index (χ4n) is 1.48. The zero-order valence-electron chi connectivity index (χ0n) is 10.2. The molecule has 96 valence electrons. The first kappa shape index (κ1) is 14.3. The van der Waals surface area contributed by atoms with Crippen LogP contribution in [0.25, 0.3) is 0 Å². The van der Waals surface area contributed by atoms with Gasteiger partial charge in [-0.15, -0.1) is 18.2 Å². The lowest BCUT2D eigenvalue weighted by Gasteiger charge is -2.11. The Kier molecular flexibility index (Phi) is 5.40. The fraction of sp³-hybridized carbons (Fsp3) is 0.308. The van der Waals surface area contributed by atoms with Crippen LogP contribution in [0.15, 0.2) is 12.1 Å². The van der Waals surface area contributed by atoms with Gasteiger partial charge in [0, 0.05) is 23.7 Å². The number of rotatable bonds is 6. The van der Waals surface area contributed by atoms with Crippen LogP contribution in [0.4, 0.5) is 11.4 Å². The van der Waals surface area contributed by atoms with Crippen LogP contribution in [0.3, 0.4) is 0 Å². The van der Waals surface area contributed by atoms with E-state index in [2.05, 4.69) is 11.2 Å². The summed E-state index contributed by atoms with van der Waals surface area (Å²) in [5, 5.41) is 12.2. The molecule has 0 aromatic heterocycles. The largest absolute Gasteiger partial charge is 0.478 e. The van der Waals surface area contributed by atoms with Crippen LogP contribution in [0.5, 0.6) is 0 Å². The lowest BCUT2D eigenvalue weighted by atomic mass is 10.1. The molecule has 0 aliphatic heterocycles. The van der Waals surface area contributed by atoms with Crippen molar-refractivity contribution in [3.63, 3.8) is 0 Å². The number of anilines is 2. The molecule has 0 saturated carbocycles. The lowest BCUT2D eigenvalue weighted by Crippen LogP contribution is -2.09. The van der Waals surface area contributed by atoms with E-state index in [0.29, 0.717) is 11.4 Å². The zero-order valence-corrected chi connectivity index (χ0v) is 11.0. The Morgan fingerprint density at radius 2 is 2.33 bits per heavy atom. The van der Waals surface area contributed by atoms with Gasteiger partial charge >= 0.3 is 5.97 Å². The highest BCUT2D eigenvalue weighted by atomic mass is 32.2. The van der Waals surface area contributed by atoms with E-state index >= 15 is 0 Å². The standard InChI is InChI=1S/C13H16N2O2S/c1-3-5-18-6-4-15-10-7-9(2)12(14)11(8-10)13(16)17/h1,7-8,15H,4-6,14H2,2H3,(H,16,17). The van der Waals surface area contributed by atoms with Crippen LogP contribution in [0.1, 0.15) is 15.9 Å². The van der Waals surface area contributed by atoms with Crippen molar-refractivity contribution in [3.8, 4) is 12.3 Å². The first-order valence-electron chi connectivity index (χ1n) is 5.44. The molecule has 0 atom stereocenters. The van der Waals surface area contributed by atoms with Gasteiger partial charge in [-0.3, -0.25) is 0 Å².